The summed E-state index contributed by atoms with van der Waals surface area (Å²) in [6.45, 7) is 7.73. The second-order valence-electron chi connectivity index (χ2n) is 6.84. The van der Waals surface area contributed by atoms with Crippen LogP contribution in [-0.4, -0.2) is 34.0 Å². The molecule has 0 spiro atoms. The summed E-state index contributed by atoms with van der Waals surface area (Å²) < 4.78 is 5.33. The summed E-state index contributed by atoms with van der Waals surface area (Å²) in [5, 5.41) is 1.05. The Hall–Kier alpha value is -1.43. The van der Waals surface area contributed by atoms with Crippen molar-refractivity contribution in [1.29, 1.82) is 0 Å². The van der Waals surface area contributed by atoms with Gasteiger partial charge in [0.2, 0.25) is 0 Å². The SMILES string of the molecule is C[C@@H]1CN(C(=O)OC(C)(C)C)C(=O)c2sc(C3CC3)nc21. The van der Waals surface area contributed by atoms with Crippen LogP contribution >= 0.6 is 11.3 Å². The highest BCUT2D eigenvalue weighted by Crippen LogP contribution is 2.44. The van der Waals surface area contributed by atoms with Crippen molar-refractivity contribution in [2.75, 3.05) is 6.54 Å². The zero-order valence-electron chi connectivity index (χ0n) is 12.8. The van der Waals surface area contributed by atoms with E-state index in [9.17, 15) is 9.59 Å². The van der Waals surface area contributed by atoms with Crippen molar-refractivity contribution in [1.82, 2.24) is 9.88 Å². The summed E-state index contributed by atoms with van der Waals surface area (Å²) >= 11 is 1.45. The van der Waals surface area contributed by atoms with Crippen molar-refractivity contribution in [2.45, 2.75) is 58.0 Å². The molecule has 1 aromatic heterocycles. The van der Waals surface area contributed by atoms with Crippen LogP contribution in [0.25, 0.3) is 0 Å². The van der Waals surface area contributed by atoms with Crippen LogP contribution in [0, 0.1) is 0 Å². The number of carbonyl (C=O) groups excluding carboxylic acids is 2. The lowest BCUT2D eigenvalue weighted by Gasteiger charge is -2.30. The first-order valence-corrected chi connectivity index (χ1v) is 8.13. The monoisotopic (exact) mass is 308 g/mol. The van der Waals surface area contributed by atoms with Gasteiger partial charge in [-0.05, 0) is 33.6 Å². The van der Waals surface area contributed by atoms with Crippen LogP contribution in [0.5, 0.6) is 0 Å². The van der Waals surface area contributed by atoms with Crippen molar-refractivity contribution in [2.24, 2.45) is 0 Å². The quantitative estimate of drug-likeness (QED) is 0.796. The van der Waals surface area contributed by atoms with E-state index in [4.69, 9.17) is 4.74 Å². The third kappa shape index (κ3) is 2.81. The van der Waals surface area contributed by atoms with Gasteiger partial charge in [0, 0.05) is 18.4 Å². The Kier molecular flexibility index (Phi) is 3.31. The minimum atomic E-state index is -0.603. The molecule has 1 aliphatic heterocycles. The summed E-state index contributed by atoms with van der Waals surface area (Å²) in [5.41, 5.74) is 0.250. The first-order chi connectivity index (χ1) is 9.76. The van der Waals surface area contributed by atoms with E-state index in [1.54, 1.807) is 20.8 Å². The van der Waals surface area contributed by atoms with E-state index in [2.05, 4.69) is 4.98 Å². The fraction of sp³-hybridized carbons (Fsp3) is 0.667. The van der Waals surface area contributed by atoms with Gasteiger partial charge in [0.25, 0.3) is 5.91 Å². The predicted octanol–water partition coefficient (Wildman–Crippen LogP) is 3.51. The number of amides is 2. The third-order valence-electron chi connectivity index (χ3n) is 3.57. The lowest BCUT2D eigenvalue weighted by molar-refractivity contribution is 0.0222. The number of hydrogen-bond donors (Lipinski definition) is 0. The molecule has 3 rings (SSSR count). The van der Waals surface area contributed by atoms with Crippen molar-refractivity contribution in [3.63, 3.8) is 0 Å². The lowest BCUT2D eigenvalue weighted by atomic mass is 10.0. The third-order valence-corrected chi connectivity index (χ3v) is 4.79. The molecule has 1 aliphatic carbocycles. The van der Waals surface area contributed by atoms with Crippen molar-refractivity contribution in [3.8, 4) is 0 Å². The average molecular weight is 308 g/mol. The second kappa shape index (κ2) is 4.80. The number of hydrogen-bond acceptors (Lipinski definition) is 5. The van der Waals surface area contributed by atoms with E-state index in [-0.39, 0.29) is 11.8 Å². The number of ether oxygens (including phenoxy) is 1. The van der Waals surface area contributed by atoms with E-state index in [0.29, 0.717) is 17.3 Å². The highest BCUT2D eigenvalue weighted by atomic mass is 32.1. The first kappa shape index (κ1) is 14.5. The molecule has 1 saturated carbocycles. The maximum atomic E-state index is 12.5. The summed E-state index contributed by atoms with van der Waals surface area (Å²) in [4.78, 5) is 31.2. The number of fused-ring (bicyclic) bond motifs is 1. The van der Waals surface area contributed by atoms with Crippen molar-refractivity contribution in [3.05, 3.63) is 15.6 Å². The zero-order valence-corrected chi connectivity index (χ0v) is 13.6. The molecular formula is C15H20N2O3S. The van der Waals surface area contributed by atoms with Crippen LogP contribution in [0.3, 0.4) is 0 Å². The van der Waals surface area contributed by atoms with Gasteiger partial charge in [-0.3, -0.25) is 4.79 Å². The zero-order chi connectivity index (χ0) is 15.4. The van der Waals surface area contributed by atoms with Crippen LogP contribution in [0.15, 0.2) is 0 Å². The molecule has 0 saturated heterocycles. The van der Waals surface area contributed by atoms with Gasteiger partial charge in [0.15, 0.2) is 0 Å². The Bertz CT molecular complexity index is 599. The van der Waals surface area contributed by atoms with Gasteiger partial charge < -0.3 is 4.74 Å². The van der Waals surface area contributed by atoms with Crippen LogP contribution in [0.2, 0.25) is 0 Å². The van der Waals surface area contributed by atoms with Gasteiger partial charge in [0.05, 0.1) is 10.7 Å². The van der Waals surface area contributed by atoms with Crippen LogP contribution in [0.1, 0.15) is 72.7 Å². The van der Waals surface area contributed by atoms with Gasteiger partial charge in [-0.2, -0.15) is 0 Å². The first-order valence-electron chi connectivity index (χ1n) is 7.31. The molecule has 5 nitrogen and oxygen atoms in total. The summed E-state index contributed by atoms with van der Waals surface area (Å²) in [6.07, 6.45) is 1.75. The second-order valence-corrected chi connectivity index (χ2v) is 7.87. The molecule has 0 aromatic carbocycles. The lowest BCUT2D eigenvalue weighted by Crippen LogP contribution is -2.45. The normalized spacial score (nSPS) is 22.2. The predicted molar refractivity (Wildman–Crippen MR) is 79.8 cm³/mol. The summed E-state index contributed by atoms with van der Waals surface area (Å²) in [7, 11) is 0. The number of rotatable bonds is 1. The molecule has 2 aliphatic rings. The smallest absolute Gasteiger partial charge is 0.417 e. The molecule has 2 amide bonds. The molecule has 0 unspecified atom stereocenters. The maximum absolute atomic E-state index is 12.5. The van der Waals surface area contributed by atoms with Gasteiger partial charge >= 0.3 is 6.09 Å². The Morgan fingerprint density at radius 2 is 2.05 bits per heavy atom. The van der Waals surface area contributed by atoms with Gasteiger partial charge in [-0.1, -0.05) is 6.92 Å². The molecule has 1 atom stereocenters. The van der Waals surface area contributed by atoms with Crippen LogP contribution in [-0.2, 0) is 4.74 Å². The molecule has 0 radical (unpaired) electrons. The molecule has 0 N–H and O–H groups in total. The van der Waals surface area contributed by atoms with Gasteiger partial charge in [-0.25, -0.2) is 14.7 Å². The molecule has 6 heteroatoms. The Morgan fingerprint density at radius 1 is 1.38 bits per heavy atom. The highest BCUT2D eigenvalue weighted by Gasteiger charge is 2.39. The highest BCUT2D eigenvalue weighted by molar-refractivity contribution is 7.14. The van der Waals surface area contributed by atoms with Gasteiger partial charge in [0.1, 0.15) is 10.5 Å². The van der Waals surface area contributed by atoms with E-state index in [0.717, 1.165) is 23.5 Å². The Balaban J connectivity index is 1.86. The van der Waals surface area contributed by atoms with Gasteiger partial charge in [-0.15, -0.1) is 11.3 Å². The maximum Gasteiger partial charge on any atom is 0.417 e. The average Bonchev–Trinajstić information content (AvgIpc) is 3.10. The fourth-order valence-corrected chi connectivity index (χ4v) is 3.69. The summed E-state index contributed by atoms with van der Waals surface area (Å²) in [6, 6.07) is 0. The molecule has 0 bridgehead atoms. The number of imide groups is 1. The molecule has 114 valence electrons. The molecule has 1 aromatic rings. The molecule has 2 heterocycles. The van der Waals surface area contributed by atoms with Crippen LogP contribution < -0.4 is 0 Å². The van der Waals surface area contributed by atoms with Crippen molar-refractivity contribution >= 4 is 23.3 Å². The van der Waals surface area contributed by atoms with E-state index >= 15 is 0 Å². The Labute approximate surface area is 128 Å². The minimum Gasteiger partial charge on any atom is -0.443 e. The van der Waals surface area contributed by atoms with E-state index < -0.39 is 11.7 Å². The summed E-state index contributed by atoms with van der Waals surface area (Å²) in [5.74, 6) is 0.325. The molecule has 1 fully saturated rings. The van der Waals surface area contributed by atoms with Crippen LogP contribution in [0.4, 0.5) is 4.79 Å². The number of carbonyl (C=O) groups is 2. The molecule has 21 heavy (non-hydrogen) atoms. The minimum absolute atomic E-state index is 0.0639. The number of aromatic nitrogens is 1. The number of thiazole rings is 1. The van der Waals surface area contributed by atoms with E-state index in [1.807, 2.05) is 6.92 Å². The largest absolute Gasteiger partial charge is 0.443 e. The molecular weight excluding hydrogens is 288 g/mol. The van der Waals surface area contributed by atoms with E-state index in [1.165, 1.54) is 16.2 Å². The van der Waals surface area contributed by atoms with Crippen molar-refractivity contribution < 1.29 is 14.3 Å². The standard InChI is InChI=1S/C15H20N2O3S/c1-8-7-17(14(19)20-15(2,3)4)13(18)11-10(8)16-12(21-11)9-5-6-9/h8-9H,5-7H2,1-4H3/t8-/m1/s1. The Morgan fingerprint density at radius 3 is 2.62 bits per heavy atom. The fourth-order valence-electron chi connectivity index (χ4n) is 2.38. The number of nitrogens with zero attached hydrogens (tertiary/aromatic N) is 2. The topological polar surface area (TPSA) is 59.5 Å².